The van der Waals surface area contributed by atoms with Crippen LogP contribution in [0.3, 0.4) is 0 Å². The van der Waals surface area contributed by atoms with Crippen molar-refractivity contribution in [2.45, 2.75) is 141 Å². The molecule has 0 aliphatic carbocycles. The minimum Gasteiger partial charge on any atom is -0.0625 e. The van der Waals surface area contributed by atoms with Crippen molar-refractivity contribution >= 4 is 0 Å². The fourth-order valence-electron chi connectivity index (χ4n) is 6.58. The van der Waals surface area contributed by atoms with Crippen molar-refractivity contribution in [1.29, 1.82) is 0 Å². The second-order valence-corrected chi connectivity index (χ2v) is 15.8. The highest BCUT2D eigenvalue weighted by Crippen LogP contribution is 2.42. The third-order valence-corrected chi connectivity index (χ3v) is 7.92. The maximum absolute atomic E-state index is 2.62. The molecular weight excluding hydrogens is 468 g/mol. The Morgan fingerprint density at radius 1 is 0.410 bits per heavy atom. The summed E-state index contributed by atoms with van der Waals surface area (Å²) in [6.45, 7) is 33.7. The van der Waals surface area contributed by atoms with Gasteiger partial charge in [-0.15, -0.1) is 0 Å². The number of benzene rings is 2. The van der Waals surface area contributed by atoms with Gasteiger partial charge in [0.25, 0.3) is 0 Å². The quantitative estimate of drug-likeness (QED) is 0.227. The van der Waals surface area contributed by atoms with Gasteiger partial charge in [-0.25, -0.2) is 0 Å². The minimum atomic E-state index is -0.0497. The van der Waals surface area contributed by atoms with Gasteiger partial charge in [0.15, 0.2) is 0 Å². The van der Waals surface area contributed by atoms with Crippen LogP contribution < -0.4 is 0 Å². The molecule has 0 aromatic heterocycles. The third kappa shape index (κ3) is 9.79. The third-order valence-electron chi connectivity index (χ3n) is 7.92. The molecule has 0 heterocycles. The van der Waals surface area contributed by atoms with Crippen LogP contribution >= 0.6 is 0 Å². The standard InChI is InChI=1S/C39H64/c1-25(2)15-31-21-33(17-27(5)6)35(19-29(9)10)37(23-31)39(13,14)38-24-32(16-26(3)4)22-34(18-28(7)8)36(38)20-30(11)12/h21-30H,15-20H2,1-14H3. The monoisotopic (exact) mass is 533 g/mol. The molecule has 2 aromatic carbocycles. The first-order valence-electron chi connectivity index (χ1n) is 16.3. The van der Waals surface area contributed by atoms with Crippen LogP contribution in [0.1, 0.15) is 141 Å². The van der Waals surface area contributed by atoms with Crippen molar-refractivity contribution in [3.63, 3.8) is 0 Å². The van der Waals surface area contributed by atoms with Gasteiger partial charge in [-0.2, -0.15) is 0 Å². The molecule has 0 fully saturated rings. The Morgan fingerprint density at radius 3 is 0.949 bits per heavy atom. The van der Waals surface area contributed by atoms with Gasteiger partial charge in [-0.05, 0) is 119 Å². The van der Waals surface area contributed by atoms with E-state index in [-0.39, 0.29) is 5.41 Å². The number of hydrogen-bond donors (Lipinski definition) is 0. The van der Waals surface area contributed by atoms with Crippen LogP contribution in [0.2, 0.25) is 0 Å². The maximum Gasteiger partial charge on any atom is 0.0152 e. The van der Waals surface area contributed by atoms with Crippen molar-refractivity contribution in [3.05, 3.63) is 68.8 Å². The van der Waals surface area contributed by atoms with E-state index in [0.29, 0.717) is 35.5 Å². The molecule has 0 saturated heterocycles. The Labute approximate surface area is 244 Å². The van der Waals surface area contributed by atoms with E-state index in [9.17, 15) is 0 Å². The zero-order valence-electron chi connectivity index (χ0n) is 28.5. The van der Waals surface area contributed by atoms with Crippen LogP contribution in [-0.4, -0.2) is 0 Å². The lowest BCUT2D eigenvalue weighted by Crippen LogP contribution is -2.27. The van der Waals surface area contributed by atoms with E-state index in [4.69, 9.17) is 0 Å². The van der Waals surface area contributed by atoms with E-state index in [2.05, 4.69) is 121 Å². The molecule has 0 radical (unpaired) electrons. The van der Waals surface area contributed by atoms with Gasteiger partial charge >= 0.3 is 0 Å². The van der Waals surface area contributed by atoms with Crippen LogP contribution in [-0.2, 0) is 43.9 Å². The number of rotatable bonds is 14. The molecule has 2 rings (SSSR count). The predicted molar refractivity (Wildman–Crippen MR) is 176 cm³/mol. The van der Waals surface area contributed by atoms with E-state index >= 15 is 0 Å². The molecule has 0 saturated carbocycles. The molecule has 0 nitrogen and oxygen atoms in total. The Hall–Kier alpha value is -1.56. The van der Waals surface area contributed by atoms with Crippen LogP contribution in [0.25, 0.3) is 0 Å². The summed E-state index contributed by atoms with van der Waals surface area (Å²) in [6, 6.07) is 10.4. The van der Waals surface area contributed by atoms with Gasteiger partial charge in [0.05, 0.1) is 0 Å². The Kier molecular flexibility index (Phi) is 12.4. The van der Waals surface area contributed by atoms with Crippen molar-refractivity contribution < 1.29 is 0 Å². The average Bonchev–Trinajstić information content (AvgIpc) is 2.74. The first-order chi connectivity index (χ1) is 18.0. The smallest absolute Gasteiger partial charge is 0.0152 e. The van der Waals surface area contributed by atoms with E-state index in [1.807, 2.05) is 0 Å². The molecule has 0 N–H and O–H groups in total. The molecule has 220 valence electrons. The fourth-order valence-corrected chi connectivity index (χ4v) is 6.58. The summed E-state index contributed by atoms with van der Waals surface area (Å²) < 4.78 is 0. The summed E-state index contributed by atoms with van der Waals surface area (Å²) in [5.41, 5.74) is 12.7. The Morgan fingerprint density at radius 2 is 0.692 bits per heavy atom. The summed E-state index contributed by atoms with van der Waals surface area (Å²) in [5, 5.41) is 0. The highest BCUT2D eigenvalue weighted by molar-refractivity contribution is 5.53. The lowest BCUT2D eigenvalue weighted by atomic mass is 9.69. The topological polar surface area (TPSA) is 0 Å². The van der Waals surface area contributed by atoms with E-state index in [1.54, 1.807) is 33.4 Å². The molecule has 2 aromatic rings. The normalized spacial score (nSPS) is 12.8. The van der Waals surface area contributed by atoms with Crippen molar-refractivity contribution in [2.24, 2.45) is 35.5 Å². The summed E-state index contributed by atoms with van der Waals surface area (Å²) >= 11 is 0. The van der Waals surface area contributed by atoms with Gasteiger partial charge in [0.1, 0.15) is 0 Å². The van der Waals surface area contributed by atoms with E-state index in [0.717, 1.165) is 25.7 Å². The van der Waals surface area contributed by atoms with E-state index < -0.39 is 0 Å². The molecule has 0 bridgehead atoms. The summed E-state index contributed by atoms with van der Waals surface area (Å²) in [6.07, 6.45) is 6.96. The molecular formula is C39H64. The van der Waals surface area contributed by atoms with Crippen LogP contribution in [0.4, 0.5) is 0 Å². The minimum absolute atomic E-state index is 0.0497. The Balaban J connectivity index is 2.98. The molecule has 39 heavy (non-hydrogen) atoms. The molecule has 0 aliphatic rings. The van der Waals surface area contributed by atoms with Gasteiger partial charge < -0.3 is 0 Å². The highest BCUT2D eigenvalue weighted by atomic mass is 14.4. The predicted octanol–water partition coefficient (Wildman–Crippen LogP) is 11.2. The molecule has 0 amide bonds. The lowest BCUT2D eigenvalue weighted by molar-refractivity contribution is 0.559. The zero-order valence-corrected chi connectivity index (χ0v) is 28.5. The summed E-state index contributed by atoms with van der Waals surface area (Å²) in [5.74, 6) is 3.91. The molecule has 0 spiro atoms. The average molecular weight is 533 g/mol. The largest absolute Gasteiger partial charge is 0.0625 e. The fraction of sp³-hybridized carbons (Fsp3) is 0.692. The molecule has 0 aliphatic heterocycles. The summed E-state index contributed by atoms with van der Waals surface area (Å²) in [4.78, 5) is 0. The van der Waals surface area contributed by atoms with Gasteiger partial charge in [0, 0.05) is 5.41 Å². The van der Waals surface area contributed by atoms with Crippen LogP contribution in [0, 0.1) is 35.5 Å². The zero-order chi connectivity index (χ0) is 29.7. The van der Waals surface area contributed by atoms with Crippen LogP contribution in [0.15, 0.2) is 24.3 Å². The molecule has 0 atom stereocenters. The lowest BCUT2D eigenvalue weighted by Gasteiger charge is -2.35. The van der Waals surface area contributed by atoms with Crippen molar-refractivity contribution in [2.75, 3.05) is 0 Å². The molecule has 0 heteroatoms. The summed E-state index contributed by atoms with van der Waals surface area (Å²) in [7, 11) is 0. The highest BCUT2D eigenvalue weighted by Gasteiger charge is 2.32. The van der Waals surface area contributed by atoms with Crippen molar-refractivity contribution in [1.82, 2.24) is 0 Å². The second-order valence-electron chi connectivity index (χ2n) is 15.8. The second kappa shape index (κ2) is 14.4. The van der Waals surface area contributed by atoms with Gasteiger partial charge in [-0.1, -0.05) is 121 Å². The molecule has 0 unspecified atom stereocenters. The maximum atomic E-state index is 2.62. The Bertz CT molecular complexity index is 959. The van der Waals surface area contributed by atoms with Gasteiger partial charge in [-0.3, -0.25) is 0 Å². The number of hydrogen-bond acceptors (Lipinski definition) is 0. The van der Waals surface area contributed by atoms with Gasteiger partial charge in [0.2, 0.25) is 0 Å². The first kappa shape index (κ1) is 33.6. The van der Waals surface area contributed by atoms with Crippen molar-refractivity contribution in [3.8, 4) is 0 Å². The van der Waals surface area contributed by atoms with E-state index in [1.165, 1.54) is 24.0 Å². The van der Waals surface area contributed by atoms with Crippen LogP contribution in [0.5, 0.6) is 0 Å². The SMILES string of the molecule is CC(C)Cc1cc(CC(C)C)c(CC(C)C)c(C(C)(C)c2cc(CC(C)C)cc(CC(C)C)c2CC(C)C)c1. The first-order valence-corrected chi connectivity index (χ1v) is 16.3.